The summed E-state index contributed by atoms with van der Waals surface area (Å²) in [6, 6.07) is 11.3. The highest BCUT2D eigenvalue weighted by Crippen LogP contribution is 2.67. The number of benzene rings is 1. The Bertz CT molecular complexity index is 761. The van der Waals surface area contributed by atoms with Crippen LogP contribution in [0.4, 0.5) is 4.79 Å². The second-order valence-electron chi connectivity index (χ2n) is 9.39. The summed E-state index contributed by atoms with van der Waals surface area (Å²) in [6.45, 7) is 2.60. The molecule has 6 rings (SSSR count). The van der Waals surface area contributed by atoms with E-state index in [1.165, 1.54) is 18.4 Å². The van der Waals surface area contributed by atoms with Crippen LogP contribution in [0, 0.1) is 5.41 Å². The van der Waals surface area contributed by atoms with E-state index in [9.17, 15) is 14.7 Å². The second kappa shape index (κ2) is 6.48. The largest absolute Gasteiger partial charge is 0.481 e. The Balaban J connectivity index is 1.24. The number of hydrogen-bond donors (Lipinski definition) is 2. The van der Waals surface area contributed by atoms with Gasteiger partial charge in [0.1, 0.15) is 0 Å². The Labute approximate surface area is 165 Å². The highest BCUT2D eigenvalue weighted by molar-refractivity contribution is 5.83. The molecule has 1 heterocycles. The molecule has 5 aliphatic rings. The van der Waals surface area contributed by atoms with Crippen molar-refractivity contribution in [2.24, 2.45) is 5.41 Å². The number of nitrogens with one attached hydrogen (secondary N) is 1. The number of rotatable bonds is 4. The monoisotopic (exact) mass is 383 g/mol. The van der Waals surface area contributed by atoms with Crippen molar-refractivity contribution in [3.8, 4) is 0 Å². The highest BCUT2D eigenvalue weighted by atomic mass is 16.4. The smallest absolute Gasteiger partial charge is 0.318 e. The lowest BCUT2D eigenvalue weighted by molar-refractivity contribution is -0.196. The number of amides is 2. The summed E-state index contributed by atoms with van der Waals surface area (Å²) >= 11 is 0. The lowest BCUT2D eigenvalue weighted by atomic mass is 9.39. The maximum absolute atomic E-state index is 13.1. The van der Waals surface area contributed by atoms with Gasteiger partial charge in [-0.2, -0.15) is 0 Å². The third-order valence-corrected chi connectivity index (χ3v) is 7.54. The number of fused-ring (bicyclic) bond motifs is 1. The summed E-state index contributed by atoms with van der Waals surface area (Å²) in [5.41, 5.74) is 0.535. The third kappa shape index (κ3) is 2.81. The molecule has 2 bridgehead atoms. The Morgan fingerprint density at radius 2 is 1.71 bits per heavy atom. The number of carboxylic acid groups (broad SMARTS) is 1. The minimum atomic E-state index is -0.703. The first-order valence-electron chi connectivity index (χ1n) is 10.6. The Kier molecular flexibility index (Phi) is 4.16. The SMILES string of the molecule is O=C(NC12CC(C(=O)O)(C1)C2)N1CCN(Cc2ccccc2)C2CCCCC21. The van der Waals surface area contributed by atoms with Crippen LogP contribution in [0.3, 0.4) is 0 Å². The van der Waals surface area contributed by atoms with E-state index < -0.39 is 11.4 Å². The fourth-order valence-corrected chi connectivity index (χ4v) is 6.16. The Morgan fingerprint density at radius 3 is 2.39 bits per heavy atom. The summed E-state index contributed by atoms with van der Waals surface area (Å²) in [5.74, 6) is -0.703. The topological polar surface area (TPSA) is 72.9 Å². The van der Waals surface area contributed by atoms with Crippen LogP contribution < -0.4 is 5.32 Å². The van der Waals surface area contributed by atoms with Crippen molar-refractivity contribution in [3.63, 3.8) is 0 Å². The van der Waals surface area contributed by atoms with Crippen molar-refractivity contribution in [1.29, 1.82) is 0 Å². The fraction of sp³-hybridized carbons (Fsp3) is 0.636. The van der Waals surface area contributed by atoms with Crippen LogP contribution in [-0.4, -0.2) is 57.6 Å². The maximum Gasteiger partial charge on any atom is 0.318 e. The maximum atomic E-state index is 13.1. The Hall–Kier alpha value is -2.08. The molecule has 2 atom stereocenters. The molecule has 1 aliphatic heterocycles. The van der Waals surface area contributed by atoms with E-state index in [0.717, 1.165) is 32.5 Å². The third-order valence-electron chi connectivity index (χ3n) is 7.54. The summed E-state index contributed by atoms with van der Waals surface area (Å²) in [4.78, 5) is 29.0. The molecular formula is C22H29N3O3. The molecule has 2 unspecified atom stereocenters. The molecule has 6 heteroatoms. The van der Waals surface area contributed by atoms with E-state index in [0.29, 0.717) is 25.3 Å². The first kappa shape index (κ1) is 18.0. The second-order valence-corrected chi connectivity index (χ2v) is 9.39. The first-order valence-corrected chi connectivity index (χ1v) is 10.6. The summed E-state index contributed by atoms with van der Waals surface area (Å²) < 4.78 is 0. The highest BCUT2D eigenvalue weighted by Gasteiger charge is 2.73. The molecule has 150 valence electrons. The van der Waals surface area contributed by atoms with Gasteiger partial charge in [-0.15, -0.1) is 0 Å². The molecule has 2 amide bonds. The van der Waals surface area contributed by atoms with Crippen LogP contribution >= 0.6 is 0 Å². The number of carboxylic acids is 1. The number of aliphatic carboxylic acids is 1. The quantitative estimate of drug-likeness (QED) is 0.839. The van der Waals surface area contributed by atoms with Gasteiger partial charge in [-0.1, -0.05) is 43.2 Å². The molecule has 2 N–H and O–H groups in total. The predicted octanol–water partition coefficient (Wildman–Crippen LogP) is 2.83. The number of carbonyl (C=O) groups is 2. The number of piperazine rings is 1. The van der Waals surface area contributed by atoms with Crippen molar-refractivity contribution in [2.75, 3.05) is 13.1 Å². The summed E-state index contributed by atoms with van der Waals surface area (Å²) in [5, 5.41) is 12.5. The van der Waals surface area contributed by atoms with Crippen LogP contribution in [0.5, 0.6) is 0 Å². The lowest BCUT2D eigenvalue weighted by Gasteiger charge is -2.68. The summed E-state index contributed by atoms with van der Waals surface area (Å²) in [6.07, 6.45) is 6.42. The molecule has 0 radical (unpaired) electrons. The number of urea groups is 1. The molecule has 1 saturated heterocycles. The van der Waals surface area contributed by atoms with Gasteiger partial charge in [0.05, 0.1) is 5.41 Å². The fourth-order valence-electron chi connectivity index (χ4n) is 6.16. The van der Waals surface area contributed by atoms with Gasteiger partial charge in [-0.25, -0.2) is 4.79 Å². The zero-order valence-corrected chi connectivity index (χ0v) is 16.3. The van der Waals surface area contributed by atoms with E-state index >= 15 is 0 Å². The zero-order chi connectivity index (χ0) is 19.4. The van der Waals surface area contributed by atoms with Gasteiger partial charge in [-0.3, -0.25) is 9.69 Å². The van der Waals surface area contributed by atoms with Gasteiger partial charge in [-0.05, 0) is 37.7 Å². The van der Waals surface area contributed by atoms with Crippen molar-refractivity contribution in [1.82, 2.24) is 15.1 Å². The molecule has 4 aliphatic carbocycles. The molecule has 6 nitrogen and oxygen atoms in total. The van der Waals surface area contributed by atoms with Gasteiger partial charge in [0, 0.05) is 37.3 Å². The standard InChI is InChI=1S/C22H29N3O3/c26-19(27)21-13-22(14-21,15-21)23-20(28)25-11-10-24(12-16-6-2-1-3-7-16)17-8-4-5-9-18(17)25/h1-3,6-7,17-18H,4-5,8-15H2,(H,23,28)(H,26,27). The zero-order valence-electron chi connectivity index (χ0n) is 16.3. The average Bonchev–Trinajstić information content (AvgIpc) is 2.64. The summed E-state index contributed by atoms with van der Waals surface area (Å²) in [7, 11) is 0. The van der Waals surface area contributed by atoms with Crippen molar-refractivity contribution < 1.29 is 14.7 Å². The van der Waals surface area contributed by atoms with Crippen LogP contribution in [0.25, 0.3) is 0 Å². The predicted molar refractivity (Wildman–Crippen MR) is 105 cm³/mol. The lowest BCUT2D eigenvalue weighted by Crippen LogP contribution is -2.78. The molecule has 28 heavy (non-hydrogen) atoms. The van der Waals surface area contributed by atoms with Gasteiger partial charge in [0.25, 0.3) is 0 Å². The van der Waals surface area contributed by atoms with E-state index in [4.69, 9.17) is 0 Å². The van der Waals surface area contributed by atoms with Crippen molar-refractivity contribution in [3.05, 3.63) is 35.9 Å². The molecule has 5 fully saturated rings. The van der Waals surface area contributed by atoms with Gasteiger partial charge < -0.3 is 15.3 Å². The van der Waals surface area contributed by atoms with E-state index in [-0.39, 0.29) is 17.6 Å². The van der Waals surface area contributed by atoms with Crippen LogP contribution in [0.1, 0.15) is 50.5 Å². The first-order chi connectivity index (χ1) is 13.5. The van der Waals surface area contributed by atoms with Crippen molar-refractivity contribution >= 4 is 12.0 Å². The van der Waals surface area contributed by atoms with Gasteiger partial charge in [0.2, 0.25) is 0 Å². The Morgan fingerprint density at radius 1 is 1.04 bits per heavy atom. The molecule has 1 aromatic rings. The van der Waals surface area contributed by atoms with E-state index in [1.807, 2.05) is 0 Å². The van der Waals surface area contributed by atoms with Crippen molar-refractivity contribution in [2.45, 2.75) is 69.1 Å². The van der Waals surface area contributed by atoms with Gasteiger partial charge in [0.15, 0.2) is 0 Å². The number of hydrogen-bond acceptors (Lipinski definition) is 3. The normalized spacial score (nSPS) is 36.6. The minimum Gasteiger partial charge on any atom is -0.481 e. The number of carbonyl (C=O) groups excluding carboxylic acids is 1. The minimum absolute atomic E-state index is 0.0231. The molecular weight excluding hydrogens is 354 g/mol. The van der Waals surface area contributed by atoms with Crippen LogP contribution in [-0.2, 0) is 11.3 Å². The van der Waals surface area contributed by atoms with E-state index in [2.05, 4.69) is 45.4 Å². The van der Waals surface area contributed by atoms with Crippen LogP contribution in [0.15, 0.2) is 30.3 Å². The van der Waals surface area contributed by atoms with Gasteiger partial charge >= 0.3 is 12.0 Å². The molecule has 0 aromatic heterocycles. The van der Waals surface area contributed by atoms with Crippen LogP contribution in [0.2, 0.25) is 0 Å². The molecule has 4 saturated carbocycles. The molecule has 0 spiro atoms. The molecule has 1 aromatic carbocycles. The average molecular weight is 383 g/mol. The number of nitrogens with zero attached hydrogens (tertiary/aromatic N) is 2. The van der Waals surface area contributed by atoms with E-state index in [1.54, 1.807) is 0 Å².